The van der Waals surface area contributed by atoms with Crippen LogP contribution in [0, 0.1) is 12.7 Å². The predicted octanol–water partition coefficient (Wildman–Crippen LogP) is 6.29. The Morgan fingerprint density at radius 1 is 1.04 bits per heavy atom. The number of nitrogens with zero attached hydrogens (tertiary/aromatic N) is 4. The van der Waals surface area contributed by atoms with Crippen LogP contribution in [0.5, 0.6) is 11.5 Å². The molecule has 2 fully saturated rings. The van der Waals surface area contributed by atoms with E-state index in [0.717, 1.165) is 110 Å². The van der Waals surface area contributed by atoms with E-state index in [-0.39, 0.29) is 24.0 Å². The second-order valence-corrected chi connectivity index (χ2v) is 12.6. The van der Waals surface area contributed by atoms with Gasteiger partial charge in [0.1, 0.15) is 11.6 Å². The van der Waals surface area contributed by atoms with Crippen molar-refractivity contribution >= 4 is 17.0 Å². The van der Waals surface area contributed by atoms with E-state index in [0.29, 0.717) is 18.7 Å². The van der Waals surface area contributed by atoms with Crippen molar-refractivity contribution in [1.82, 2.24) is 19.4 Å². The molecule has 1 N–H and O–H groups in total. The van der Waals surface area contributed by atoms with Crippen molar-refractivity contribution in [3.8, 4) is 34.0 Å². The summed E-state index contributed by atoms with van der Waals surface area (Å²) in [5.41, 5.74) is 5.85. The van der Waals surface area contributed by atoms with Crippen molar-refractivity contribution in [1.29, 1.82) is 0 Å². The van der Waals surface area contributed by atoms with E-state index >= 15 is 4.39 Å². The van der Waals surface area contributed by atoms with E-state index in [1.54, 1.807) is 19.2 Å². The molecule has 1 atom stereocenters. The number of benzene rings is 3. The van der Waals surface area contributed by atoms with Gasteiger partial charge in [0.2, 0.25) is 0 Å². The molecule has 4 aromatic rings. The predicted molar refractivity (Wildman–Crippen MR) is 181 cm³/mol. The number of halogens is 1. The van der Waals surface area contributed by atoms with Gasteiger partial charge in [0.25, 0.3) is 0 Å². The van der Waals surface area contributed by atoms with Gasteiger partial charge in [-0.3, -0.25) is 14.6 Å². The summed E-state index contributed by atoms with van der Waals surface area (Å²) in [4.78, 5) is 21.2. The van der Waals surface area contributed by atoms with Crippen LogP contribution in [-0.2, 0) is 23.1 Å². The fourth-order valence-electron chi connectivity index (χ4n) is 7.03. The zero-order chi connectivity index (χ0) is 32.9. The van der Waals surface area contributed by atoms with E-state index in [1.807, 2.05) is 48.9 Å². The summed E-state index contributed by atoms with van der Waals surface area (Å²) in [6, 6.07) is 15.3. The molecule has 2 aliphatic heterocycles. The van der Waals surface area contributed by atoms with Crippen LogP contribution in [0.25, 0.3) is 33.5 Å². The number of aliphatic carboxylic acids is 1. The average molecular weight is 645 g/mol. The van der Waals surface area contributed by atoms with Crippen LogP contribution in [0.4, 0.5) is 4.39 Å². The first kappa shape index (κ1) is 32.9. The molecule has 0 amide bonds. The van der Waals surface area contributed by atoms with E-state index in [9.17, 15) is 9.90 Å². The molecule has 0 aliphatic carbocycles. The molecule has 10 heteroatoms. The van der Waals surface area contributed by atoms with E-state index in [1.165, 1.54) is 0 Å². The Morgan fingerprint density at radius 3 is 2.60 bits per heavy atom. The number of rotatable bonds is 12. The summed E-state index contributed by atoms with van der Waals surface area (Å²) in [5, 5.41) is 9.47. The molecule has 47 heavy (non-hydrogen) atoms. The van der Waals surface area contributed by atoms with Crippen molar-refractivity contribution in [3.63, 3.8) is 0 Å². The summed E-state index contributed by atoms with van der Waals surface area (Å²) >= 11 is 0. The maximum atomic E-state index is 15.9. The van der Waals surface area contributed by atoms with Crippen molar-refractivity contribution in [3.05, 3.63) is 65.5 Å². The summed E-state index contributed by atoms with van der Waals surface area (Å²) in [7, 11) is 3.65. The number of carbonyl (C=O) groups is 1. The van der Waals surface area contributed by atoms with Gasteiger partial charge in [-0.05, 0) is 56.0 Å². The summed E-state index contributed by atoms with van der Waals surface area (Å²) in [5.74, 6) is 0.653. The van der Waals surface area contributed by atoms with Crippen LogP contribution < -0.4 is 9.47 Å². The number of hydrogen-bond donors (Lipinski definition) is 1. The zero-order valence-electron chi connectivity index (χ0n) is 27.6. The molecule has 6 rings (SSSR count). The lowest BCUT2D eigenvalue weighted by Crippen LogP contribution is -2.40. The van der Waals surface area contributed by atoms with Crippen LogP contribution in [0.3, 0.4) is 0 Å². The molecular formula is C37H45FN4O5. The molecule has 1 aromatic heterocycles. The molecule has 250 valence electrons. The van der Waals surface area contributed by atoms with E-state index < -0.39 is 5.97 Å². The lowest BCUT2D eigenvalue weighted by molar-refractivity contribution is -0.138. The highest BCUT2D eigenvalue weighted by atomic mass is 19.1. The van der Waals surface area contributed by atoms with Crippen LogP contribution in [-0.4, -0.2) is 89.6 Å². The average Bonchev–Trinajstić information content (AvgIpc) is 3.39. The maximum absolute atomic E-state index is 15.9. The monoisotopic (exact) mass is 644 g/mol. The van der Waals surface area contributed by atoms with Gasteiger partial charge >= 0.3 is 5.97 Å². The zero-order valence-corrected chi connectivity index (χ0v) is 27.6. The van der Waals surface area contributed by atoms with Crippen LogP contribution in [0.15, 0.2) is 48.5 Å². The lowest BCUT2D eigenvalue weighted by atomic mass is 9.95. The Labute approximate surface area is 275 Å². The highest BCUT2D eigenvalue weighted by Gasteiger charge is 2.26. The third-order valence-electron chi connectivity index (χ3n) is 9.62. The number of morpholine rings is 1. The number of carboxylic acid groups (broad SMARTS) is 1. The van der Waals surface area contributed by atoms with E-state index in [4.69, 9.17) is 19.2 Å². The number of ether oxygens (including phenoxy) is 3. The number of fused-ring (bicyclic) bond motifs is 1. The van der Waals surface area contributed by atoms with Crippen molar-refractivity contribution in [2.24, 2.45) is 7.05 Å². The minimum Gasteiger partial charge on any atom is -0.496 e. The number of carboxylic acids is 1. The number of hydrogen-bond acceptors (Lipinski definition) is 7. The van der Waals surface area contributed by atoms with Gasteiger partial charge in [-0.15, -0.1) is 0 Å². The SMILES string of the molecule is COc1cc2c(cc1CN1CCCCC1CC(=O)O)nc(-c1cccc(-c3cccc(OCCCN4CCOCC4)c3F)c1C)n2C. The highest BCUT2D eigenvalue weighted by molar-refractivity contribution is 5.85. The Hall–Kier alpha value is -3.99. The topological polar surface area (TPSA) is 89.3 Å². The first-order chi connectivity index (χ1) is 22.8. The first-order valence-electron chi connectivity index (χ1n) is 16.6. The summed E-state index contributed by atoms with van der Waals surface area (Å²) in [6.45, 7) is 8.17. The molecule has 1 unspecified atom stereocenters. The number of likely N-dealkylation sites (tertiary alicyclic amines) is 1. The second-order valence-electron chi connectivity index (χ2n) is 12.6. The molecule has 2 saturated heterocycles. The van der Waals surface area contributed by atoms with Crippen LogP contribution in [0.2, 0.25) is 0 Å². The lowest BCUT2D eigenvalue weighted by Gasteiger charge is -2.35. The minimum atomic E-state index is -0.769. The van der Waals surface area contributed by atoms with Crippen molar-refractivity contribution in [2.75, 3.05) is 53.1 Å². The van der Waals surface area contributed by atoms with Gasteiger partial charge in [-0.25, -0.2) is 9.37 Å². The summed E-state index contributed by atoms with van der Waals surface area (Å²) in [6.07, 6.45) is 3.93. The third-order valence-corrected chi connectivity index (χ3v) is 9.62. The highest BCUT2D eigenvalue weighted by Crippen LogP contribution is 2.37. The number of aryl methyl sites for hydroxylation is 1. The molecule has 0 bridgehead atoms. The fourth-order valence-corrected chi connectivity index (χ4v) is 7.03. The largest absolute Gasteiger partial charge is 0.496 e. The molecular weight excluding hydrogens is 599 g/mol. The van der Waals surface area contributed by atoms with Gasteiger partial charge < -0.3 is 23.9 Å². The number of piperidine rings is 1. The van der Waals surface area contributed by atoms with E-state index in [2.05, 4.69) is 15.9 Å². The Kier molecular flexibility index (Phi) is 10.4. The van der Waals surface area contributed by atoms with Gasteiger partial charge in [-0.2, -0.15) is 0 Å². The van der Waals surface area contributed by atoms with Crippen molar-refractivity contribution < 1.29 is 28.5 Å². The molecule has 0 radical (unpaired) electrons. The summed E-state index contributed by atoms with van der Waals surface area (Å²) < 4.78 is 35.1. The standard InChI is InChI=1S/C37H45FN4O5/c1-25-28(30-12-7-13-33(36(30)38)47-18-8-14-41-16-19-46-20-17-41)10-6-11-29(25)37-39-31-21-26(34(45-3)23-32(31)40(37)2)24-42-15-5-4-9-27(42)22-35(43)44/h6-7,10-13,21,23,27H,4-5,8-9,14-20,22,24H2,1-3H3,(H,43,44). The molecule has 9 nitrogen and oxygen atoms in total. The van der Waals surface area contributed by atoms with Gasteiger partial charge in [0, 0.05) is 62.0 Å². The molecule has 0 saturated carbocycles. The number of imidazole rings is 1. The Morgan fingerprint density at radius 2 is 1.81 bits per heavy atom. The molecule has 3 aromatic carbocycles. The molecule has 2 aliphatic rings. The smallest absolute Gasteiger partial charge is 0.304 e. The Balaban J connectivity index is 1.25. The molecule has 3 heterocycles. The fraction of sp³-hybridized carbons (Fsp3) is 0.459. The number of methoxy groups -OCH3 is 1. The van der Waals surface area contributed by atoms with Crippen molar-refractivity contribution in [2.45, 2.75) is 51.6 Å². The molecule has 0 spiro atoms. The van der Waals surface area contributed by atoms with Crippen LogP contribution in [0.1, 0.15) is 43.2 Å². The van der Waals surface area contributed by atoms with Crippen LogP contribution >= 0.6 is 0 Å². The third kappa shape index (κ3) is 7.30. The Bertz CT molecular complexity index is 1720. The quantitative estimate of drug-likeness (QED) is 0.180. The normalized spacial score (nSPS) is 17.7. The van der Waals surface area contributed by atoms with Gasteiger partial charge in [0.15, 0.2) is 11.6 Å². The first-order valence-corrected chi connectivity index (χ1v) is 16.6. The number of aromatic nitrogens is 2. The van der Waals surface area contributed by atoms with Gasteiger partial charge in [0.05, 0.1) is 44.4 Å². The second kappa shape index (κ2) is 14.8. The maximum Gasteiger partial charge on any atom is 0.304 e. The van der Waals surface area contributed by atoms with Gasteiger partial charge in [-0.1, -0.05) is 36.8 Å². The minimum absolute atomic E-state index is 0.00530.